The van der Waals surface area contributed by atoms with Crippen molar-refractivity contribution < 1.29 is 0 Å². The lowest BCUT2D eigenvalue weighted by Crippen LogP contribution is -2.12. The summed E-state index contributed by atoms with van der Waals surface area (Å²) in [7, 11) is 0. The molecule has 0 amide bonds. The number of allylic oxidation sites excluding steroid dienone is 6. The molecule has 4 nitrogen and oxygen atoms in total. The van der Waals surface area contributed by atoms with Gasteiger partial charge >= 0.3 is 0 Å². The number of hydrogen-bond acceptors (Lipinski definition) is 3. The zero-order valence-corrected chi connectivity index (χ0v) is 12.7. The van der Waals surface area contributed by atoms with Crippen molar-refractivity contribution in [2.75, 3.05) is 5.73 Å². The Balaban J connectivity index is 2.59. The van der Waals surface area contributed by atoms with Crippen LogP contribution in [0.2, 0.25) is 0 Å². The third kappa shape index (κ3) is 2.60. The zero-order chi connectivity index (χ0) is 14.9. The lowest BCUT2D eigenvalue weighted by molar-refractivity contribution is 0.609. The molecule has 0 saturated heterocycles. The molecule has 0 bridgehead atoms. The van der Waals surface area contributed by atoms with Gasteiger partial charge in [0.2, 0.25) is 0 Å². The van der Waals surface area contributed by atoms with E-state index in [1.807, 2.05) is 13.8 Å². The smallest absolute Gasteiger partial charge is 0.141 e. The Bertz CT molecular complexity index is 659. The van der Waals surface area contributed by atoms with Gasteiger partial charge in [0.1, 0.15) is 23.5 Å². The van der Waals surface area contributed by atoms with E-state index >= 15 is 0 Å². The molecule has 6 heteroatoms. The molecule has 1 heterocycles. The van der Waals surface area contributed by atoms with Gasteiger partial charge in [-0.2, -0.15) is 10.4 Å². The molecule has 1 aromatic rings. The molecule has 0 aromatic carbocycles. The standard InChI is InChI=1S/C14H14Cl2N4/c1-8(2)13-10(7-17)14(18)20(19-13)12-6-9(15)4-3-5-11(12)16/h3-6,8,12H,18H2,1-2H3. The Morgan fingerprint density at radius 1 is 1.45 bits per heavy atom. The second-order valence-electron chi connectivity index (χ2n) is 4.76. The van der Waals surface area contributed by atoms with Crippen molar-refractivity contribution in [2.24, 2.45) is 0 Å². The molecule has 2 rings (SSSR count). The molecule has 1 unspecified atom stereocenters. The molecule has 0 aliphatic heterocycles. The van der Waals surface area contributed by atoms with Crippen LogP contribution in [-0.2, 0) is 0 Å². The maximum absolute atomic E-state index is 9.25. The third-order valence-corrected chi connectivity index (χ3v) is 3.61. The van der Waals surface area contributed by atoms with E-state index in [9.17, 15) is 5.26 Å². The molecule has 1 aromatic heterocycles. The van der Waals surface area contributed by atoms with Crippen LogP contribution in [0.25, 0.3) is 0 Å². The topological polar surface area (TPSA) is 67.6 Å². The van der Waals surface area contributed by atoms with Crippen LogP contribution >= 0.6 is 23.2 Å². The van der Waals surface area contributed by atoms with Crippen LogP contribution in [0.1, 0.15) is 37.1 Å². The van der Waals surface area contributed by atoms with E-state index in [1.54, 1.807) is 29.0 Å². The van der Waals surface area contributed by atoms with Crippen LogP contribution in [-0.4, -0.2) is 9.78 Å². The number of nitriles is 1. The first-order chi connectivity index (χ1) is 9.45. The predicted molar refractivity (Wildman–Crippen MR) is 81.5 cm³/mol. The quantitative estimate of drug-likeness (QED) is 0.903. The van der Waals surface area contributed by atoms with Crippen LogP contribution in [0.4, 0.5) is 5.82 Å². The van der Waals surface area contributed by atoms with Crippen molar-refractivity contribution in [2.45, 2.75) is 25.8 Å². The first-order valence-corrected chi connectivity index (χ1v) is 6.90. The van der Waals surface area contributed by atoms with E-state index < -0.39 is 6.04 Å². The normalized spacial score (nSPS) is 18.5. The summed E-state index contributed by atoms with van der Waals surface area (Å²) in [5.41, 5.74) is 7.10. The highest BCUT2D eigenvalue weighted by molar-refractivity contribution is 6.32. The number of aromatic nitrogens is 2. The Morgan fingerprint density at radius 2 is 2.15 bits per heavy atom. The summed E-state index contributed by atoms with van der Waals surface area (Å²) in [6, 6.07) is 1.70. The highest BCUT2D eigenvalue weighted by Crippen LogP contribution is 2.33. The Kier molecular flexibility index (Phi) is 4.22. The summed E-state index contributed by atoms with van der Waals surface area (Å²) in [5.74, 6) is 0.398. The number of anilines is 1. The minimum atomic E-state index is -0.404. The van der Waals surface area contributed by atoms with Crippen molar-refractivity contribution in [3.8, 4) is 6.07 Å². The monoisotopic (exact) mass is 308 g/mol. The lowest BCUT2D eigenvalue weighted by Gasteiger charge is -2.14. The SMILES string of the molecule is CC(C)c1nn(C2C=C(Cl)C=CC=C2Cl)c(N)c1C#N. The summed E-state index contributed by atoms with van der Waals surface area (Å²) >= 11 is 12.3. The molecule has 2 N–H and O–H groups in total. The molecule has 1 atom stereocenters. The summed E-state index contributed by atoms with van der Waals surface area (Å²) in [6.07, 6.45) is 6.98. The van der Waals surface area contributed by atoms with E-state index in [0.29, 0.717) is 27.1 Å². The lowest BCUT2D eigenvalue weighted by atomic mass is 10.1. The molecular weight excluding hydrogens is 295 g/mol. The fourth-order valence-electron chi connectivity index (χ4n) is 2.00. The van der Waals surface area contributed by atoms with Crippen molar-refractivity contribution >= 4 is 29.0 Å². The Hall–Kier alpha value is -1.70. The number of halogens is 2. The van der Waals surface area contributed by atoms with Crippen molar-refractivity contribution in [3.63, 3.8) is 0 Å². The minimum Gasteiger partial charge on any atom is -0.383 e. The van der Waals surface area contributed by atoms with Gasteiger partial charge in [0.25, 0.3) is 0 Å². The largest absolute Gasteiger partial charge is 0.383 e. The second kappa shape index (κ2) is 5.74. The van der Waals surface area contributed by atoms with Gasteiger partial charge in [0.05, 0.1) is 5.69 Å². The van der Waals surface area contributed by atoms with Gasteiger partial charge < -0.3 is 5.73 Å². The van der Waals surface area contributed by atoms with Crippen LogP contribution < -0.4 is 5.73 Å². The molecule has 0 saturated carbocycles. The van der Waals surface area contributed by atoms with Gasteiger partial charge in [0.15, 0.2) is 0 Å². The summed E-state index contributed by atoms with van der Waals surface area (Å²) in [6.45, 7) is 3.92. The van der Waals surface area contributed by atoms with Gasteiger partial charge in [-0.05, 0) is 24.1 Å². The maximum Gasteiger partial charge on any atom is 0.141 e. The molecule has 20 heavy (non-hydrogen) atoms. The summed E-state index contributed by atoms with van der Waals surface area (Å²) < 4.78 is 1.54. The van der Waals surface area contributed by atoms with E-state index in [2.05, 4.69) is 11.2 Å². The van der Waals surface area contributed by atoms with E-state index in [0.717, 1.165) is 0 Å². The molecule has 0 radical (unpaired) electrons. The van der Waals surface area contributed by atoms with Gasteiger partial charge in [-0.25, -0.2) is 4.68 Å². The van der Waals surface area contributed by atoms with Gasteiger partial charge in [-0.3, -0.25) is 0 Å². The average molecular weight is 309 g/mol. The molecule has 0 fully saturated rings. The van der Waals surface area contributed by atoms with Crippen LogP contribution in [0.15, 0.2) is 34.4 Å². The van der Waals surface area contributed by atoms with E-state index in [1.165, 1.54) is 0 Å². The first-order valence-electron chi connectivity index (χ1n) is 6.14. The number of nitrogens with zero attached hydrogens (tertiary/aromatic N) is 3. The van der Waals surface area contributed by atoms with Crippen molar-refractivity contribution in [1.82, 2.24) is 9.78 Å². The molecular formula is C14H14Cl2N4. The first kappa shape index (κ1) is 14.7. The van der Waals surface area contributed by atoms with Gasteiger partial charge in [-0.1, -0.05) is 43.1 Å². The Morgan fingerprint density at radius 3 is 2.70 bits per heavy atom. The van der Waals surface area contributed by atoms with Crippen molar-refractivity contribution in [1.29, 1.82) is 5.26 Å². The highest BCUT2D eigenvalue weighted by atomic mass is 35.5. The number of hydrogen-bond donors (Lipinski definition) is 1. The van der Waals surface area contributed by atoms with Crippen LogP contribution in [0, 0.1) is 11.3 Å². The van der Waals surface area contributed by atoms with Gasteiger partial charge in [-0.15, -0.1) is 0 Å². The minimum absolute atomic E-state index is 0.0966. The number of rotatable bonds is 2. The summed E-state index contributed by atoms with van der Waals surface area (Å²) in [5, 5.41) is 14.8. The van der Waals surface area contributed by atoms with E-state index in [4.69, 9.17) is 28.9 Å². The third-order valence-electron chi connectivity index (χ3n) is 3.01. The van der Waals surface area contributed by atoms with Gasteiger partial charge in [0, 0.05) is 10.1 Å². The number of nitrogen functional groups attached to an aromatic ring is 1. The molecule has 1 aliphatic rings. The molecule has 1 aliphatic carbocycles. The summed E-state index contributed by atoms with van der Waals surface area (Å²) in [4.78, 5) is 0. The molecule has 104 valence electrons. The molecule has 0 spiro atoms. The zero-order valence-electron chi connectivity index (χ0n) is 11.1. The van der Waals surface area contributed by atoms with Crippen LogP contribution in [0.3, 0.4) is 0 Å². The number of nitrogens with two attached hydrogens (primary N) is 1. The second-order valence-corrected chi connectivity index (χ2v) is 5.64. The Labute approximate surface area is 127 Å². The average Bonchev–Trinajstić information content (AvgIpc) is 2.63. The predicted octanol–water partition coefficient (Wildman–Crippen LogP) is 3.82. The van der Waals surface area contributed by atoms with Crippen LogP contribution in [0.5, 0.6) is 0 Å². The fraction of sp³-hybridized carbons (Fsp3) is 0.286. The van der Waals surface area contributed by atoms with E-state index in [-0.39, 0.29) is 5.92 Å². The fourth-order valence-corrected chi connectivity index (χ4v) is 2.42. The maximum atomic E-state index is 9.25. The van der Waals surface area contributed by atoms with Crippen molar-refractivity contribution in [3.05, 3.63) is 45.6 Å². The highest BCUT2D eigenvalue weighted by Gasteiger charge is 2.24.